The Morgan fingerprint density at radius 2 is 1.42 bits per heavy atom. The normalized spacial score (nSPS) is 11.2. The van der Waals surface area contributed by atoms with Gasteiger partial charge in [-0.2, -0.15) is 0 Å². The first kappa shape index (κ1) is 14.7. The standard InChI is InChI=1S/C23H17N3/c24-26-22(16-8-2-1-3-9-16)14-17-10-4-5-11-18(17)23(26)20-15-25-21-13-7-6-12-19(20)21/h1-15H,24H2/p+1. The van der Waals surface area contributed by atoms with Gasteiger partial charge < -0.3 is 4.98 Å². The van der Waals surface area contributed by atoms with Crippen molar-refractivity contribution in [3.63, 3.8) is 0 Å². The van der Waals surface area contributed by atoms with Gasteiger partial charge in [-0.15, -0.1) is 0 Å². The van der Waals surface area contributed by atoms with Crippen LogP contribution < -0.4 is 10.5 Å². The average molecular weight is 336 g/mol. The lowest BCUT2D eigenvalue weighted by atomic mass is 10.00. The highest BCUT2D eigenvalue weighted by Crippen LogP contribution is 2.33. The minimum absolute atomic E-state index is 0.990. The Kier molecular flexibility index (Phi) is 3.25. The molecule has 0 saturated heterocycles. The molecule has 5 rings (SSSR count). The Morgan fingerprint density at radius 3 is 2.27 bits per heavy atom. The van der Waals surface area contributed by atoms with Gasteiger partial charge in [0.25, 0.3) is 5.69 Å². The summed E-state index contributed by atoms with van der Waals surface area (Å²) in [6.07, 6.45) is 2.05. The van der Waals surface area contributed by atoms with Crippen LogP contribution in [0.1, 0.15) is 0 Å². The highest BCUT2D eigenvalue weighted by Gasteiger charge is 2.24. The SMILES string of the molecule is N[n+]1c(-c2ccccc2)cc2ccccc2c1-c1c[nH]c2ccccc12. The van der Waals surface area contributed by atoms with Crippen LogP contribution in [-0.4, -0.2) is 4.98 Å². The van der Waals surface area contributed by atoms with E-state index in [4.69, 9.17) is 5.84 Å². The van der Waals surface area contributed by atoms with Crippen molar-refractivity contribution in [1.82, 2.24) is 4.98 Å². The lowest BCUT2D eigenvalue weighted by Gasteiger charge is -2.08. The van der Waals surface area contributed by atoms with Gasteiger partial charge in [0.2, 0.25) is 5.69 Å². The van der Waals surface area contributed by atoms with Gasteiger partial charge in [0, 0.05) is 28.7 Å². The number of nitrogens with one attached hydrogen (secondary N) is 1. The Hall–Kier alpha value is -3.59. The zero-order chi connectivity index (χ0) is 17.5. The molecule has 2 aromatic heterocycles. The highest BCUT2D eigenvalue weighted by molar-refractivity contribution is 6.03. The molecule has 26 heavy (non-hydrogen) atoms. The first-order valence-electron chi connectivity index (χ1n) is 8.68. The fourth-order valence-electron chi connectivity index (χ4n) is 3.68. The molecule has 0 radical (unpaired) electrons. The van der Waals surface area contributed by atoms with Crippen molar-refractivity contribution < 1.29 is 4.68 Å². The fraction of sp³-hybridized carbons (Fsp3) is 0. The van der Waals surface area contributed by atoms with E-state index in [1.54, 1.807) is 0 Å². The van der Waals surface area contributed by atoms with Crippen molar-refractivity contribution in [3.8, 4) is 22.5 Å². The number of rotatable bonds is 2. The lowest BCUT2D eigenvalue weighted by molar-refractivity contribution is -0.614. The maximum Gasteiger partial charge on any atom is 0.252 e. The second kappa shape index (κ2) is 5.74. The smallest absolute Gasteiger partial charge is 0.252 e. The predicted molar refractivity (Wildman–Crippen MR) is 107 cm³/mol. The van der Waals surface area contributed by atoms with Gasteiger partial charge >= 0.3 is 0 Å². The molecule has 0 amide bonds. The zero-order valence-electron chi connectivity index (χ0n) is 14.2. The Balaban J connectivity index is 1.91. The van der Waals surface area contributed by atoms with Crippen LogP contribution in [0.5, 0.6) is 0 Å². The number of fused-ring (bicyclic) bond motifs is 2. The summed E-state index contributed by atoms with van der Waals surface area (Å²) in [7, 11) is 0. The van der Waals surface area contributed by atoms with Gasteiger partial charge in [-0.25, -0.2) is 5.84 Å². The Morgan fingerprint density at radius 1 is 0.731 bits per heavy atom. The van der Waals surface area contributed by atoms with Crippen molar-refractivity contribution >= 4 is 21.7 Å². The Labute approximate surface area is 151 Å². The van der Waals surface area contributed by atoms with Gasteiger partial charge in [0.05, 0.1) is 10.9 Å². The van der Waals surface area contributed by atoms with E-state index in [1.165, 1.54) is 10.8 Å². The van der Waals surface area contributed by atoms with Crippen LogP contribution in [0.4, 0.5) is 0 Å². The zero-order valence-corrected chi connectivity index (χ0v) is 14.2. The number of pyridine rings is 1. The predicted octanol–water partition coefficient (Wildman–Crippen LogP) is 4.66. The minimum Gasteiger partial charge on any atom is -0.360 e. The maximum absolute atomic E-state index is 6.67. The van der Waals surface area contributed by atoms with Crippen molar-refractivity contribution in [1.29, 1.82) is 0 Å². The monoisotopic (exact) mass is 336 g/mol. The third-order valence-corrected chi connectivity index (χ3v) is 4.92. The minimum atomic E-state index is 0.990. The van der Waals surface area contributed by atoms with Gasteiger partial charge in [-0.1, -0.05) is 59.3 Å². The van der Waals surface area contributed by atoms with Crippen molar-refractivity contribution in [3.05, 3.63) is 91.1 Å². The summed E-state index contributed by atoms with van der Waals surface area (Å²) in [5.74, 6) is 6.67. The van der Waals surface area contributed by atoms with Gasteiger partial charge in [0.15, 0.2) is 0 Å². The summed E-state index contributed by atoms with van der Waals surface area (Å²) in [5, 5.41) is 3.48. The van der Waals surface area contributed by atoms with E-state index in [0.717, 1.165) is 33.4 Å². The molecule has 124 valence electrons. The van der Waals surface area contributed by atoms with E-state index in [-0.39, 0.29) is 0 Å². The molecule has 0 fully saturated rings. The molecule has 2 heterocycles. The first-order valence-corrected chi connectivity index (χ1v) is 8.68. The molecule has 0 aliphatic rings. The van der Waals surface area contributed by atoms with Crippen LogP contribution >= 0.6 is 0 Å². The molecule has 0 aliphatic carbocycles. The van der Waals surface area contributed by atoms with E-state index in [9.17, 15) is 0 Å². The van der Waals surface area contributed by atoms with E-state index in [0.29, 0.717) is 0 Å². The molecular formula is C23H18N3+. The largest absolute Gasteiger partial charge is 0.360 e. The van der Waals surface area contributed by atoms with E-state index in [1.807, 2.05) is 35.1 Å². The fourth-order valence-corrected chi connectivity index (χ4v) is 3.68. The number of hydrogen-bond donors (Lipinski definition) is 2. The number of aromatic amines is 1. The molecule has 3 nitrogen and oxygen atoms in total. The summed E-state index contributed by atoms with van der Waals surface area (Å²) in [4.78, 5) is 3.37. The second-order valence-corrected chi connectivity index (χ2v) is 6.45. The molecule has 0 saturated carbocycles. The van der Waals surface area contributed by atoms with Crippen LogP contribution in [0.3, 0.4) is 0 Å². The van der Waals surface area contributed by atoms with Crippen molar-refractivity contribution in [2.24, 2.45) is 0 Å². The summed E-state index contributed by atoms with van der Waals surface area (Å²) < 4.78 is 1.81. The molecule has 0 bridgehead atoms. The van der Waals surface area contributed by atoms with E-state index >= 15 is 0 Å². The van der Waals surface area contributed by atoms with Gasteiger partial charge in [-0.3, -0.25) is 0 Å². The number of aromatic nitrogens is 2. The second-order valence-electron chi connectivity index (χ2n) is 6.45. The molecule has 0 spiro atoms. The number of hydrogen-bond acceptors (Lipinski definition) is 1. The molecule has 3 heteroatoms. The van der Waals surface area contributed by atoms with Crippen molar-refractivity contribution in [2.75, 3.05) is 5.84 Å². The summed E-state index contributed by atoms with van der Waals surface area (Å²) in [6, 6.07) is 29.1. The van der Waals surface area contributed by atoms with E-state index in [2.05, 4.69) is 65.6 Å². The summed E-state index contributed by atoms with van der Waals surface area (Å²) in [5.41, 5.74) is 5.32. The van der Waals surface area contributed by atoms with Crippen LogP contribution in [0.15, 0.2) is 91.1 Å². The number of nitrogen functional groups attached to an aromatic ring is 1. The summed E-state index contributed by atoms with van der Waals surface area (Å²) >= 11 is 0. The van der Waals surface area contributed by atoms with E-state index < -0.39 is 0 Å². The molecule has 0 unspecified atom stereocenters. The lowest BCUT2D eigenvalue weighted by Crippen LogP contribution is -2.48. The van der Waals surface area contributed by atoms with Crippen LogP contribution in [0.25, 0.3) is 44.2 Å². The molecule has 0 atom stereocenters. The first-order chi connectivity index (χ1) is 12.8. The Bertz CT molecular complexity index is 1240. The average Bonchev–Trinajstić information content (AvgIpc) is 3.12. The number of para-hydroxylation sites is 1. The summed E-state index contributed by atoms with van der Waals surface area (Å²) in [6.45, 7) is 0. The number of H-pyrrole nitrogens is 1. The van der Waals surface area contributed by atoms with Gasteiger partial charge in [-0.05, 0) is 29.7 Å². The van der Waals surface area contributed by atoms with Crippen LogP contribution in [0, 0.1) is 0 Å². The molecular weight excluding hydrogens is 318 g/mol. The molecule has 0 aliphatic heterocycles. The van der Waals surface area contributed by atoms with Crippen LogP contribution in [-0.2, 0) is 0 Å². The molecule has 3 aromatic carbocycles. The molecule has 5 aromatic rings. The highest BCUT2D eigenvalue weighted by atomic mass is 15.3. The number of benzene rings is 3. The topological polar surface area (TPSA) is 45.7 Å². The van der Waals surface area contributed by atoms with Gasteiger partial charge in [0.1, 0.15) is 0 Å². The number of nitrogens with two attached hydrogens (primary N) is 1. The quantitative estimate of drug-likeness (QED) is 0.357. The van der Waals surface area contributed by atoms with Crippen molar-refractivity contribution in [2.45, 2.75) is 0 Å². The maximum atomic E-state index is 6.67. The third kappa shape index (κ3) is 2.18. The molecule has 3 N–H and O–H groups in total. The van der Waals surface area contributed by atoms with Crippen LogP contribution in [0.2, 0.25) is 0 Å². The third-order valence-electron chi connectivity index (χ3n) is 4.92. The number of nitrogens with zero attached hydrogens (tertiary/aromatic N) is 1.